The van der Waals surface area contributed by atoms with Crippen molar-refractivity contribution < 1.29 is 4.39 Å². The van der Waals surface area contributed by atoms with Gasteiger partial charge in [0.1, 0.15) is 5.82 Å². The number of benzene rings is 1. The topological polar surface area (TPSA) is 26.0 Å². The van der Waals surface area contributed by atoms with Gasteiger partial charge in [0.2, 0.25) is 0 Å². The first-order valence-corrected chi connectivity index (χ1v) is 7.42. The SMILES string of the molecule is CCC(C)(C)C1CCC(N)(c2cccc(F)c2)CC1. The number of halogens is 1. The molecule has 1 nitrogen and oxygen atoms in total. The van der Waals surface area contributed by atoms with Crippen molar-refractivity contribution in [2.75, 3.05) is 0 Å². The third-order valence-corrected chi connectivity index (χ3v) is 5.29. The van der Waals surface area contributed by atoms with Crippen LogP contribution in [0.15, 0.2) is 24.3 Å². The highest BCUT2D eigenvalue weighted by atomic mass is 19.1. The Kier molecular flexibility index (Phi) is 4.00. The van der Waals surface area contributed by atoms with Gasteiger partial charge in [0, 0.05) is 5.54 Å². The van der Waals surface area contributed by atoms with Crippen molar-refractivity contribution in [2.24, 2.45) is 17.1 Å². The van der Waals surface area contributed by atoms with Crippen molar-refractivity contribution in [3.05, 3.63) is 35.6 Å². The summed E-state index contributed by atoms with van der Waals surface area (Å²) >= 11 is 0. The Labute approximate surface area is 116 Å². The molecule has 19 heavy (non-hydrogen) atoms. The first-order valence-electron chi connectivity index (χ1n) is 7.42. The summed E-state index contributed by atoms with van der Waals surface area (Å²) < 4.78 is 13.4. The molecule has 1 fully saturated rings. The minimum absolute atomic E-state index is 0.182. The van der Waals surface area contributed by atoms with E-state index in [0.29, 0.717) is 5.41 Å². The predicted octanol–water partition coefficient (Wildman–Crippen LogP) is 4.61. The number of nitrogens with two attached hydrogens (primary N) is 1. The quantitative estimate of drug-likeness (QED) is 0.847. The Bertz CT molecular complexity index is 431. The monoisotopic (exact) mass is 263 g/mol. The summed E-state index contributed by atoms with van der Waals surface area (Å²) in [6.07, 6.45) is 5.42. The first kappa shape index (κ1) is 14.5. The summed E-state index contributed by atoms with van der Waals surface area (Å²) in [5.41, 5.74) is 7.55. The molecule has 0 radical (unpaired) electrons. The third-order valence-electron chi connectivity index (χ3n) is 5.29. The van der Waals surface area contributed by atoms with Gasteiger partial charge in [-0.1, -0.05) is 39.3 Å². The van der Waals surface area contributed by atoms with Crippen LogP contribution in [0.1, 0.15) is 58.4 Å². The Morgan fingerprint density at radius 2 is 1.95 bits per heavy atom. The summed E-state index contributed by atoms with van der Waals surface area (Å²) in [5, 5.41) is 0. The molecule has 0 amide bonds. The average molecular weight is 263 g/mol. The number of rotatable bonds is 3. The summed E-state index contributed by atoms with van der Waals surface area (Å²) in [6.45, 7) is 6.96. The van der Waals surface area contributed by atoms with Crippen molar-refractivity contribution in [2.45, 2.75) is 58.4 Å². The Hall–Kier alpha value is -0.890. The molecule has 0 saturated heterocycles. The van der Waals surface area contributed by atoms with Gasteiger partial charge in [0.25, 0.3) is 0 Å². The van der Waals surface area contributed by atoms with Crippen LogP contribution in [0.2, 0.25) is 0 Å². The highest BCUT2D eigenvalue weighted by Crippen LogP contribution is 2.45. The van der Waals surface area contributed by atoms with Gasteiger partial charge in [-0.3, -0.25) is 0 Å². The maximum Gasteiger partial charge on any atom is 0.123 e. The van der Waals surface area contributed by atoms with Gasteiger partial charge < -0.3 is 5.73 Å². The van der Waals surface area contributed by atoms with E-state index in [0.717, 1.165) is 37.2 Å². The fraction of sp³-hybridized carbons (Fsp3) is 0.647. The van der Waals surface area contributed by atoms with E-state index in [2.05, 4.69) is 20.8 Å². The largest absolute Gasteiger partial charge is 0.321 e. The maximum atomic E-state index is 13.4. The van der Waals surface area contributed by atoms with Crippen molar-refractivity contribution in [3.8, 4) is 0 Å². The zero-order chi connectivity index (χ0) is 14.1. The molecule has 106 valence electrons. The fourth-order valence-corrected chi connectivity index (χ4v) is 3.29. The van der Waals surface area contributed by atoms with Crippen LogP contribution in [0.4, 0.5) is 4.39 Å². The third kappa shape index (κ3) is 3.00. The summed E-state index contributed by atoms with van der Waals surface area (Å²) in [5.74, 6) is 0.557. The minimum atomic E-state index is -0.331. The van der Waals surface area contributed by atoms with E-state index in [1.165, 1.54) is 12.5 Å². The van der Waals surface area contributed by atoms with Crippen LogP contribution in [-0.4, -0.2) is 0 Å². The smallest absolute Gasteiger partial charge is 0.123 e. The van der Waals surface area contributed by atoms with Crippen LogP contribution in [0.3, 0.4) is 0 Å². The normalized spacial score (nSPS) is 28.4. The Balaban J connectivity index is 2.10. The molecule has 2 rings (SSSR count). The molecule has 2 heteroatoms. The van der Waals surface area contributed by atoms with Gasteiger partial charge >= 0.3 is 0 Å². The minimum Gasteiger partial charge on any atom is -0.321 e. The molecule has 0 atom stereocenters. The molecular weight excluding hydrogens is 237 g/mol. The van der Waals surface area contributed by atoms with E-state index in [1.54, 1.807) is 12.1 Å². The zero-order valence-corrected chi connectivity index (χ0v) is 12.4. The van der Waals surface area contributed by atoms with Gasteiger partial charge in [-0.15, -0.1) is 0 Å². The second kappa shape index (κ2) is 5.24. The lowest BCUT2D eigenvalue weighted by Crippen LogP contribution is -2.42. The van der Waals surface area contributed by atoms with E-state index < -0.39 is 0 Å². The Morgan fingerprint density at radius 1 is 1.32 bits per heavy atom. The summed E-state index contributed by atoms with van der Waals surface area (Å²) in [6, 6.07) is 6.82. The number of hydrogen-bond donors (Lipinski definition) is 1. The molecule has 1 aromatic carbocycles. The van der Waals surface area contributed by atoms with Crippen molar-refractivity contribution in [1.29, 1.82) is 0 Å². The first-order chi connectivity index (χ1) is 8.87. The molecule has 1 aromatic rings. The second-order valence-electron chi connectivity index (χ2n) is 6.78. The van der Waals surface area contributed by atoms with Crippen LogP contribution in [-0.2, 0) is 5.54 Å². The lowest BCUT2D eigenvalue weighted by atomic mass is 9.64. The van der Waals surface area contributed by atoms with Gasteiger partial charge in [-0.2, -0.15) is 0 Å². The molecule has 0 aromatic heterocycles. The lowest BCUT2D eigenvalue weighted by molar-refractivity contribution is 0.115. The number of hydrogen-bond acceptors (Lipinski definition) is 1. The standard InChI is InChI=1S/C17H26FN/c1-4-16(2,3)13-8-10-17(19,11-9-13)14-6-5-7-15(18)12-14/h5-7,12-13H,4,8-11,19H2,1-3H3. The summed E-state index contributed by atoms with van der Waals surface area (Å²) in [4.78, 5) is 0. The molecule has 0 bridgehead atoms. The van der Waals surface area contributed by atoms with Gasteiger partial charge in [-0.25, -0.2) is 4.39 Å². The maximum absolute atomic E-state index is 13.4. The lowest BCUT2D eigenvalue weighted by Gasteiger charge is -2.43. The molecule has 0 spiro atoms. The van der Waals surface area contributed by atoms with Crippen molar-refractivity contribution >= 4 is 0 Å². The molecule has 0 heterocycles. The van der Waals surface area contributed by atoms with Crippen molar-refractivity contribution in [1.82, 2.24) is 0 Å². The molecule has 1 aliphatic rings. The summed E-state index contributed by atoms with van der Waals surface area (Å²) in [7, 11) is 0. The molecule has 1 saturated carbocycles. The molecule has 2 N–H and O–H groups in total. The molecule has 0 unspecified atom stereocenters. The second-order valence-corrected chi connectivity index (χ2v) is 6.78. The van der Waals surface area contributed by atoms with Crippen LogP contribution in [0.25, 0.3) is 0 Å². The van der Waals surface area contributed by atoms with Gasteiger partial charge in [0.05, 0.1) is 0 Å². The van der Waals surface area contributed by atoms with Crippen molar-refractivity contribution in [3.63, 3.8) is 0 Å². The Morgan fingerprint density at radius 3 is 2.47 bits per heavy atom. The molecular formula is C17H26FN. The van der Waals surface area contributed by atoms with E-state index in [1.807, 2.05) is 6.07 Å². The molecule has 1 aliphatic carbocycles. The highest BCUT2D eigenvalue weighted by molar-refractivity contribution is 5.25. The van der Waals surface area contributed by atoms with E-state index >= 15 is 0 Å². The predicted molar refractivity (Wildman–Crippen MR) is 78.3 cm³/mol. The van der Waals surface area contributed by atoms with E-state index in [-0.39, 0.29) is 11.4 Å². The van der Waals surface area contributed by atoms with E-state index in [9.17, 15) is 4.39 Å². The average Bonchev–Trinajstić information content (AvgIpc) is 2.39. The van der Waals surface area contributed by atoms with Crippen LogP contribution in [0.5, 0.6) is 0 Å². The van der Waals surface area contributed by atoms with Gasteiger partial charge in [0.15, 0.2) is 0 Å². The van der Waals surface area contributed by atoms with Crippen LogP contribution >= 0.6 is 0 Å². The van der Waals surface area contributed by atoms with Crippen LogP contribution in [0, 0.1) is 17.2 Å². The zero-order valence-electron chi connectivity index (χ0n) is 12.4. The van der Waals surface area contributed by atoms with E-state index in [4.69, 9.17) is 5.73 Å². The van der Waals surface area contributed by atoms with Gasteiger partial charge in [-0.05, 0) is 54.7 Å². The van der Waals surface area contributed by atoms with Crippen LogP contribution < -0.4 is 5.73 Å². The highest BCUT2D eigenvalue weighted by Gasteiger charge is 2.38. The molecule has 0 aliphatic heterocycles. The fourth-order valence-electron chi connectivity index (χ4n) is 3.29.